The fraction of sp³-hybridized carbons (Fsp3) is 0.300. The van der Waals surface area contributed by atoms with E-state index in [1.807, 2.05) is 0 Å². The number of pyridine rings is 1. The van der Waals surface area contributed by atoms with Gasteiger partial charge in [-0.3, -0.25) is 4.79 Å². The van der Waals surface area contributed by atoms with Crippen molar-refractivity contribution in [1.82, 2.24) is 9.88 Å². The Morgan fingerprint density at radius 2 is 2.06 bits per heavy atom. The fourth-order valence-electron chi connectivity index (χ4n) is 1.24. The number of aromatic nitrogens is 1. The van der Waals surface area contributed by atoms with E-state index in [0.717, 1.165) is 25.4 Å². The van der Waals surface area contributed by atoms with Crippen molar-refractivity contribution in [2.75, 3.05) is 13.6 Å². The van der Waals surface area contributed by atoms with Gasteiger partial charge < -0.3 is 10.0 Å². The first-order valence-electron chi connectivity index (χ1n) is 4.72. The molecule has 1 amide bonds. The molecule has 18 heavy (non-hydrogen) atoms. The van der Waals surface area contributed by atoms with Crippen molar-refractivity contribution in [3.8, 4) is 0 Å². The summed E-state index contributed by atoms with van der Waals surface area (Å²) in [6.07, 6.45) is -3.45. The maximum absolute atomic E-state index is 12.1. The van der Waals surface area contributed by atoms with E-state index in [9.17, 15) is 22.8 Å². The van der Waals surface area contributed by atoms with E-state index >= 15 is 0 Å². The number of carbonyl (C=O) groups is 2. The maximum Gasteiger partial charge on any atom is 0.406 e. The molecule has 1 aromatic heterocycles. The van der Waals surface area contributed by atoms with Crippen LogP contribution in [0.15, 0.2) is 18.3 Å². The summed E-state index contributed by atoms with van der Waals surface area (Å²) in [4.78, 5) is 26.1. The van der Waals surface area contributed by atoms with Crippen molar-refractivity contribution in [3.63, 3.8) is 0 Å². The lowest BCUT2D eigenvalue weighted by molar-refractivity contribution is -0.138. The topological polar surface area (TPSA) is 70.5 Å². The molecule has 8 heteroatoms. The number of hydrogen-bond acceptors (Lipinski definition) is 3. The highest BCUT2D eigenvalue weighted by Gasteiger charge is 2.31. The summed E-state index contributed by atoms with van der Waals surface area (Å²) < 4.78 is 36.3. The zero-order chi connectivity index (χ0) is 13.9. The highest BCUT2D eigenvalue weighted by atomic mass is 19.4. The first-order chi connectivity index (χ1) is 8.20. The average molecular weight is 262 g/mol. The van der Waals surface area contributed by atoms with Gasteiger partial charge in [0.05, 0.1) is 0 Å². The van der Waals surface area contributed by atoms with Crippen LogP contribution >= 0.6 is 0 Å². The molecule has 0 radical (unpaired) electrons. The van der Waals surface area contributed by atoms with Crippen molar-refractivity contribution in [2.24, 2.45) is 0 Å². The average Bonchev–Trinajstić information content (AvgIpc) is 2.26. The van der Waals surface area contributed by atoms with E-state index in [1.54, 1.807) is 0 Å². The van der Waals surface area contributed by atoms with Gasteiger partial charge in [-0.15, -0.1) is 0 Å². The third-order valence-corrected chi connectivity index (χ3v) is 1.99. The van der Waals surface area contributed by atoms with Gasteiger partial charge in [-0.05, 0) is 12.1 Å². The summed E-state index contributed by atoms with van der Waals surface area (Å²) in [5, 5.41) is 8.65. The van der Waals surface area contributed by atoms with Crippen molar-refractivity contribution in [2.45, 2.75) is 6.18 Å². The van der Waals surface area contributed by atoms with Crippen LogP contribution in [0.4, 0.5) is 13.2 Å². The number of halogens is 3. The number of nitrogens with zero attached hydrogens (tertiary/aromatic N) is 2. The maximum atomic E-state index is 12.1. The molecule has 0 bridgehead atoms. The van der Waals surface area contributed by atoms with E-state index in [2.05, 4.69) is 4.98 Å². The lowest BCUT2D eigenvalue weighted by Crippen LogP contribution is -2.35. The molecule has 0 saturated heterocycles. The number of aromatic carboxylic acids is 1. The number of hydrogen-bond donors (Lipinski definition) is 1. The smallest absolute Gasteiger partial charge is 0.406 e. The molecule has 0 unspecified atom stereocenters. The number of carboxylic acid groups (broad SMARTS) is 1. The Labute approximate surface area is 99.8 Å². The predicted molar refractivity (Wildman–Crippen MR) is 54.2 cm³/mol. The van der Waals surface area contributed by atoms with Gasteiger partial charge in [-0.1, -0.05) is 0 Å². The highest BCUT2D eigenvalue weighted by Crippen LogP contribution is 2.17. The molecular weight excluding hydrogens is 253 g/mol. The molecule has 0 saturated carbocycles. The van der Waals surface area contributed by atoms with Crippen LogP contribution in [-0.4, -0.2) is 46.6 Å². The second-order valence-electron chi connectivity index (χ2n) is 3.51. The van der Waals surface area contributed by atoms with E-state index in [1.165, 1.54) is 0 Å². The molecule has 0 atom stereocenters. The third-order valence-electron chi connectivity index (χ3n) is 1.99. The molecule has 1 heterocycles. The van der Waals surface area contributed by atoms with E-state index in [4.69, 9.17) is 5.11 Å². The van der Waals surface area contributed by atoms with Gasteiger partial charge in [0.15, 0.2) is 0 Å². The number of rotatable bonds is 3. The molecule has 0 aliphatic rings. The SMILES string of the molecule is CN(CC(F)(F)F)C(=O)c1ccnc(C(=O)O)c1. The van der Waals surface area contributed by atoms with Crippen molar-refractivity contribution < 1.29 is 27.9 Å². The molecule has 0 fully saturated rings. The van der Waals surface area contributed by atoms with E-state index in [-0.39, 0.29) is 5.56 Å². The Morgan fingerprint density at radius 1 is 1.44 bits per heavy atom. The predicted octanol–water partition coefficient (Wildman–Crippen LogP) is 1.41. The molecule has 0 aliphatic carbocycles. The zero-order valence-corrected chi connectivity index (χ0v) is 9.23. The van der Waals surface area contributed by atoms with Crippen LogP contribution in [0.2, 0.25) is 0 Å². The zero-order valence-electron chi connectivity index (χ0n) is 9.23. The minimum absolute atomic E-state index is 0.158. The third kappa shape index (κ3) is 3.72. The molecule has 1 rings (SSSR count). The van der Waals surface area contributed by atoms with Crippen molar-refractivity contribution in [3.05, 3.63) is 29.6 Å². The second kappa shape index (κ2) is 5.03. The molecule has 1 N–H and O–H groups in total. The van der Waals surface area contributed by atoms with Gasteiger partial charge in [0.25, 0.3) is 5.91 Å². The van der Waals surface area contributed by atoms with Gasteiger partial charge >= 0.3 is 12.1 Å². The largest absolute Gasteiger partial charge is 0.477 e. The standard InChI is InChI=1S/C10H9F3N2O3/c1-15(5-10(11,12)13)8(16)6-2-3-14-7(4-6)9(17)18/h2-4H,5H2,1H3,(H,17,18). The van der Waals surface area contributed by atoms with Crippen LogP contribution in [-0.2, 0) is 0 Å². The molecule has 0 aromatic carbocycles. The first kappa shape index (κ1) is 13.9. The Bertz CT molecular complexity index is 474. The monoisotopic (exact) mass is 262 g/mol. The summed E-state index contributed by atoms with van der Waals surface area (Å²) >= 11 is 0. The Hall–Kier alpha value is -2.12. The quantitative estimate of drug-likeness (QED) is 0.894. The van der Waals surface area contributed by atoms with Crippen molar-refractivity contribution in [1.29, 1.82) is 0 Å². The second-order valence-corrected chi connectivity index (χ2v) is 3.51. The molecule has 5 nitrogen and oxygen atoms in total. The van der Waals surface area contributed by atoms with Crippen LogP contribution in [0, 0.1) is 0 Å². The van der Waals surface area contributed by atoms with Crippen LogP contribution in [0.3, 0.4) is 0 Å². The minimum Gasteiger partial charge on any atom is -0.477 e. The van der Waals surface area contributed by atoms with Gasteiger partial charge in [0.1, 0.15) is 12.2 Å². The van der Waals surface area contributed by atoms with Gasteiger partial charge in [0.2, 0.25) is 0 Å². The van der Waals surface area contributed by atoms with Crippen LogP contribution in [0.5, 0.6) is 0 Å². The summed E-state index contributed by atoms with van der Waals surface area (Å²) in [5.74, 6) is -2.28. The Morgan fingerprint density at radius 3 is 2.56 bits per heavy atom. The summed E-state index contributed by atoms with van der Waals surface area (Å²) in [5.41, 5.74) is -0.560. The van der Waals surface area contributed by atoms with Crippen molar-refractivity contribution >= 4 is 11.9 Å². The minimum atomic E-state index is -4.51. The number of carbonyl (C=O) groups excluding carboxylic acids is 1. The number of alkyl halides is 3. The van der Waals surface area contributed by atoms with E-state index in [0.29, 0.717) is 4.90 Å². The Kier molecular flexibility index (Phi) is 3.89. The lowest BCUT2D eigenvalue weighted by Gasteiger charge is -2.18. The van der Waals surface area contributed by atoms with Gasteiger partial charge in [-0.2, -0.15) is 13.2 Å². The summed E-state index contributed by atoms with van der Waals surface area (Å²) in [7, 11) is 0.983. The fourth-order valence-corrected chi connectivity index (χ4v) is 1.24. The Balaban J connectivity index is 2.90. The normalized spacial score (nSPS) is 11.1. The summed E-state index contributed by atoms with van der Waals surface area (Å²) in [6.45, 7) is -1.41. The summed E-state index contributed by atoms with van der Waals surface area (Å²) in [6, 6.07) is 2.08. The molecule has 0 aliphatic heterocycles. The molecule has 0 spiro atoms. The molecule has 1 aromatic rings. The van der Waals surface area contributed by atoms with Gasteiger partial charge in [-0.25, -0.2) is 9.78 Å². The van der Waals surface area contributed by atoms with Crippen LogP contribution in [0.25, 0.3) is 0 Å². The molecule has 98 valence electrons. The first-order valence-corrected chi connectivity index (χ1v) is 4.72. The molecular formula is C10H9F3N2O3. The van der Waals surface area contributed by atoms with Gasteiger partial charge in [0, 0.05) is 18.8 Å². The van der Waals surface area contributed by atoms with Crippen LogP contribution in [0.1, 0.15) is 20.8 Å². The van der Waals surface area contributed by atoms with Crippen LogP contribution < -0.4 is 0 Å². The number of amides is 1. The van der Waals surface area contributed by atoms with E-state index < -0.39 is 30.3 Å². The number of carboxylic acids is 1. The lowest BCUT2D eigenvalue weighted by atomic mass is 10.2. The highest BCUT2D eigenvalue weighted by molar-refractivity contribution is 5.96.